The highest BCUT2D eigenvalue weighted by Crippen LogP contribution is 2.13. The third kappa shape index (κ3) is 0.672. The van der Waals surface area contributed by atoms with Crippen LogP contribution in [0.2, 0.25) is 0 Å². The van der Waals surface area contributed by atoms with Crippen molar-refractivity contribution in [2.24, 2.45) is 0 Å². The van der Waals surface area contributed by atoms with Crippen molar-refractivity contribution in [3.8, 4) is 0 Å². The fourth-order valence-electron chi connectivity index (χ4n) is 0.901. The van der Waals surface area contributed by atoms with Crippen LogP contribution in [-0.2, 0) is 0 Å². The Morgan fingerprint density at radius 2 is 2.40 bits per heavy atom. The Labute approximate surface area is 63.0 Å². The number of H-pyrrole nitrogens is 1. The number of aromatic amines is 1. The third-order valence-electron chi connectivity index (χ3n) is 1.39. The van der Waals surface area contributed by atoms with Gasteiger partial charge in [-0.1, -0.05) is 12.2 Å². The predicted molar refractivity (Wildman–Crippen MR) is 41.9 cm³/mol. The first-order chi connectivity index (χ1) is 4.88. The molecule has 0 atom stereocenters. The molecule has 0 radical (unpaired) electrons. The minimum Gasteiger partial charge on any atom is -0.365 e. The number of anilines is 1. The average Bonchev–Trinajstić information content (AvgIpc) is 2.36. The van der Waals surface area contributed by atoms with Gasteiger partial charge in [0, 0.05) is 0 Å². The zero-order valence-corrected chi connectivity index (χ0v) is 5.96. The van der Waals surface area contributed by atoms with Gasteiger partial charge in [-0.25, -0.2) is 0 Å². The number of aromatic nitrogens is 2. The number of thiocarbonyl (C=S) groups is 1. The highest BCUT2D eigenvalue weighted by atomic mass is 32.1. The van der Waals surface area contributed by atoms with Crippen LogP contribution in [0.15, 0.2) is 6.20 Å². The molecule has 5 heteroatoms. The van der Waals surface area contributed by atoms with Crippen molar-refractivity contribution >= 4 is 22.9 Å². The van der Waals surface area contributed by atoms with Gasteiger partial charge in [-0.3, -0.25) is 5.10 Å². The molecule has 2 heterocycles. The maximum Gasteiger partial charge on any atom is 0.128 e. The van der Waals surface area contributed by atoms with Crippen LogP contribution < -0.4 is 10.6 Å². The minimum atomic E-state index is 0.686. The highest BCUT2D eigenvalue weighted by Gasteiger charge is 2.13. The zero-order chi connectivity index (χ0) is 6.97. The first kappa shape index (κ1) is 5.67. The van der Waals surface area contributed by atoms with E-state index in [1.165, 1.54) is 0 Å². The van der Waals surface area contributed by atoms with Gasteiger partial charge >= 0.3 is 0 Å². The van der Waals surface area contributed by atoms with E-state index in [1.807, 2.05) is 0 Å². The molecule has 1 aliphatic rings. The monoisotopic (exact) mass is 154 g/mol. The van der Waals surface area contributed by atoms with E-state index in [9.17, 15) is 0 Å². The van der Waals surface area contributed by atoms with Crippen LogP contribution in [0, 0.1) is 0 Å². The summed E-state index contributed by atoms with van der Waals surface area (Å²) in [4.78, 5) is 0.728. The molecule has 0 saturated heterocycles. The van der Waals surface area contributed by atoms with Gasteiger partial charge in [0.2, 0.25) is 0 Å². The quantitative estimate of drug-likeness (QED) is 0.462. The van der Waals surface area contributed by atoms with Crippen molar-refractivity contribution in [1.82, 2.24) is 15.5 Å². The van der Waals surface area contributed by atoms with Crippen molar-refractivity contribution in [1.29, 1.82) is 0 Å². The Balaban J connectivity index is 2.50. The van der Waals surface area contributed by atoms with Gasteiger partial charge in [-0.15, -0.1) is 0 Å². The van der Waals surface area contributed by atoms with Gasteiger partial charge in [0.25, 0.3) is 0 Å². The summed E-state index contributed by atoms with van der Waals surface area (Å²) < 4.78 is 0. The van der Waals surface area contributed by atoms with E-state index in [0.29, 0.717) is 6.67 Å². The molecule has 2 rings (SSSR count). The van der Waals surface area contributed by atoms with Crippen LogP contribution in [-0.4, -0.2) is 21.9 Å². The number of nitrogens with one attached hydrogen (secondary N) is 3. The van der Waals surface area contributed by atoms with Crippen molar-refractivity contribution in [2.75, 3.05) is 12.0 Å². The van der Waals surface area contributed by atoms with E-state index >= 15 is 0 Å². The normalized spacial score (nSPS) is 15.4. The third-order valence-corrected chi connectivity index (χ3v) is 1.74. The molecule has 10 heavy (non-hydrogen) atoms. The zero-order valence-electron chi connectivity index (χ0n) is 5.14. The summed E-state index contributed by atoms with van der Waals surface area (Å²) >= 11 is 4.99. The second-order valence-corrected chi connectivity index (χ2v) is 2.43. The summed E-state index contributed by atoms with van der Waals surface area (Å²) in [5, 5.41) is 12.7. The number of fused-ring (bicyclic) bond motifs is 1. The lowest BCUT2D eigenvalue weighted by Crippen LogP contribution is -2.33. The van der Waals surface area contributed by atoms with Crippen LogP contribution in [0.1, 0.15) is 5.69 Å². The van der Waals surface area contributed by atoms with Gasteiger partial charge in [0.05, 0.1) is 18.6 Å². The lowest BCUT2D eigenvalue weighted by molar-refractivity contribution is 0.962. The fourth-order valence-corrected chi connectivity index (χ4v) is 1.13. The Hall–Kier alpha value is -1.10. The van der Waals surface area contributed by atoms with Gasteiger partial charge in [0.15, 0.2) is 0 Å². The van der Waals surface area contributed by atoms with Crippen LogP contribution in [0.25, 0.3) is 0 Å². The van der Waals surface area contributed by atoms with E-state index < -0.39 is 0 Å². The number of nitrogens with zero attached hydrogens (tertiary/aromatic N) is 1. The summed E-state index contributed by atoms with van der Waals surface area (Å²) in [6.07, 6.45) is 1.72. The van der Waals surface area contributed by atoms with E-state index in [4.69, 9.17) is 12.2 Å². The van der Waals surface area contributed by atoms with Crippen molar-refractivity contribution in [3.63, 3.8) is 0 Å². The van der Waals surface area contributed by atoms with E-state index in [1.54, 1.807) is 6.20 Å². The average molecular weight is 154 g/mol. The number of rotatable bonds is 0. The summed E-state index contributed by atoms with van der Waals surface area (Å²) in [6.45, 7) is 0.686. The van der Waals surface area contributed by atoms with E-state index in [2.05, 4.69) is 20.8 Å². The first-order valence-corrected chi connectivity index (χ1v) is 3.34. The van der Waals surface area contributed by atoms with Crippen molar-refractivity contribution in [2.45, 2.75) is 0 Å². The molecular weight excluding hydrogens is 148 g/mol. The van der Waals surface area contributed by atoms with E-state index in [-0.39, 0.29) is 0 Å². The smallest absolute Gasteiger partial charge is 0.128 e. The topological polar surface area (TPSA) is 52.7 Å². The van der Waals surface area contributed by atoms with Crippen LogP contribution >= 0.6 is 12.2 Å². The Morgan fingerprint density at radius 1 is 1.50 bits per heavy atom. The summed E-state index contributed by atoms with van der Waals surface area (Å²) in [5.41, 5.74) is 1.85. The number of hydrogen-bond donors (Lipinski definition) is 3. The molecule has 0 bridgehead atoms. The second kappa shape index (κ2) is 1.95. The molecule has 1 aromatic rings. The largest absolute Gasteiger partial charge is 0.365 e. The Bertz CT molecular complexity index is 266. The van der Waals surface area contributed by atoms with Gasteiger partial charge in [-0.2, -0.15) is 5.10 Å². The molecule has 52 valence electrons. The van der Waals surface area contributed by atoms with Crippen LogP contribution in [0.5, 0.6) is 0 Å². The van der Waals surface area contributed by atoms with Crippen LogP contribution in [0.3, 0.4) is 0 Å². The van der Waals surface area contributed by atoms with Gasteiger partial charge in [-0.05, 0) is 0 Å². The number of hydrogen-bond acceptors (Lipinski definition) is 3. The first-order valence-electron chi connectivity index (χ1n) is 2.93. The maximum absolute atomic E-state index is 4.99. The predicted octanol–water partition coefficient (Wildman–Crippen LogP) is 0.0578. The Morgan fingerprint density at radius 3 is 3.20 bits per heavy atom. The maximum atomic E-state index is 4.99. The van der Waals surface area contributed by atoms with Gasteiger partial charge < -0.3 is 10.6 Å². The SMILES string of the molecule is S=C1NCNc2cn[nH]c21. The standard InChI is InChI=1S/C5H6N4S/c10-5-4-3(1-8-9-4)6-2-7-5/h1,6H,2H2,(H,7,10)(H,8,9). The molecular formula is C5H6N4S. The van der Waals surface area contributed by atoms with Crippen LogP contribution in [0.4, 0.5) is 5.69 Å². The molecule has 0 saturated carbocycles. The highest BCUT2D eigenvalue weighted by molar-refractivity contribution is 7.80. The minimum absolute atomic E-state index is 0.686. The Kier molecular flexibility index (Phi) is 1.10. The molecule has 3 N–H and O–H groups in total. The van der Waals surface area contributed by atoms with E-state index in [0.717, 1.165) is 16.4 Å². The molecule has 0 amide bonds. The second-order valence-electron chi connectivity index (χ2n) is 2.02. The molecule has 0 fully saturated rings. The van der Waals surface area contributed by atoms with Gasteiger partial charge in [0.1, 0.15) is 10.7 Å². The summed E-state index contributed by atoms with van der Waals surface area (Å²) in [7, 11) is 0. The van der Waals surface area contributed by atoms with Crippen molar-refractivity contribution in [3.05, 3.63) is 11.9 Å². The molecule has 1 aliphatic heterocycles. The fraction of sp³-hybridized carbons (Fsp3) is 0.200. The molecule has 0 aromatic carbocycles. The molecule has 0 spiro atoms. The lowest BCUT2D eigenvalue weighted by Gasteiger charge is -2.15. The molecule has 1 aromatic heterocycles. The summed E-state index contributed by atoms with van der Waals surface area (Å²) in [6, 6.07) is 0. The molecule has 0 aliphatic carbocycles. The molecule has 0 unspecified atom stereocenters. The molecule has 4 nitrogen and oxygen atoms in total. The van der Waals surface area contributed by atoms with Crippen molar-refractivity contribution < 1.29 is 0 Å². The lowest BCUT2D eigenvalue weighted by atomic mass is 10.3. The summed E-state index contributed by atoms with van der Waals surface area (Å²) in [5.74, 6) is 0.